The summed E-state index contributed by atoms with van der Waals surface area (Å²) in [4.78, 5) is 1.82. The summed E-state index contributed by atoms with van der Waals surface area (Å²) in [5.74, 6) is 0. The van der Waals surface area contributed by atoms with Crippen molar-refractivity contribution in [1.29, 1.82) is 0 Å². The SMILES string of the molecule is C[SH](C)(=O)c1ccc(S)cc1. The Bertz CT molecular complexity index is 283. The molecule has 0 heterocycles. The predicted molar refractivity (Wildman–Crippen MR) is 53.3 cm³/mol. The first-order chi connectivity index (χ1) is 5.00. The lowest BCUT2D eigenvalue weighted by atomic mass is 10.4. The van der Waals surface area contributed by atoms with Crippen LogP contribution >= 0.6 is 12.6 Å². The minimum absolute atomic E-state index is 0.905. The van der Waals surface area contributed by atoms with Crippen molar-refractivity contribution < 1.29 is 4.21 Å². The van der Waals surface area contributed by atoms with Gasteiger partial charge in [0.15, 0.2) is 0 Å². The molecule has 0 aliphatic rings. The van der Waals surface area contributed by atoms with Crippen molar-refractivity contribution in [3.63, 3.8) is 0 Å². The lowest BCUT2D eigenvalue weighted by Gasteiger charge is -2.11. The molecule has 0 amide bonds. The zero-order chi connectivity index (χ0) is 8.48. The van der Waals surface area contributed by atoms with Gasteiger partial charge in [0.25, 0.3) is 0 Å². The molecular formula is C8H12OS2. The molecule has 1 nitrogen and oxygen atoms in total. The van der Waals surface area contributed by atoms with Gasteiger partial charge in [0.2, 0.25) is 0 Å². The van der Waals surface area contributed by atoms with Gasteiger partial charge in [0.1, 0.15) is 0 Å². The van der Waals surface area contributed by atoms with Gasteiger partial charge in [-0.15, -0.1) is 12.6 Å². The van der Waals surface area contributed by atoms with Crippen LogP contribution in [0.5, 0.6) is 0 Å². The van der Waals surface area contributed by atoms with E-state index in [1.165, 1.54) is 0 Å². The Kier molecular flexibility index (Phi) is 2.40. The summed E-state index contributed by atoms with van der Waals surface area (Å²) < 4.78 is 11.5. The van der Waals surface area contributed by atoms with Gasteiger partial charge in [-0.3, -0.25) is 4.21 Å². The van der Waals surface area contributed by atoms with E-state index in [0.29, 0.717) is 0 Å². The van der Waals surface area contributed by atoms with E-state index in [4.69, 9.17) is 0 Å². The third-order valence-corrected chi connectivity index (χ3v) is 3.31. The molecule has 62 valence electrons. The summed E-state index contributed by atoms with van der Waals surface area (Å²) in [6.45, 7) is 0. The van der Waals surface area contributed by atoms with E-state index in [1.54, 1.807) is 12.5 Å². The molecule has 0 aromatic heterocycles. The van der Waals surface area contributed by atoms with E-state index in [-0.39, 0.29) is 0 Å². The van der Waals surface area contributed by atoms with Crippen LogP contribution in [0.25, 0.3) is 0 Å². The molecule has 0 aliphatic heterocycles. The van der Waals surface area contributed by atoms with Crippen LogP contribution in [-0.4, -0.2) is 16.7 Å². The minimum Gasteiger partial charge on any atom is -0.281 e. The van der Waals surface area contributed by atoms with Crippen LogP contribution in [0.1, 0.15) is 0 Å². The highest BCUT2D eigenvalue weighted by molar-refractivity contribution is 8.01. The first kappa shape index (κ1) is 8.81. The number of thiol groups is 2. The van der Waals surface area contributed by atoms with Gasteiger partial charge < -0.3 is 0 Å². The first-order valence-corrected chi connectivity index (χ1v) is 6.39. The van der Waals surface area contributed by atoms with Crippen molar-refractivity contribution in [1.82, 2.24) is 0 Å². The zero-order valence-electron chi connectivity index (χ0n) is 6.61. The van der Waals surface area contributed by atoms with Crippen molar-refractivity contribution in [2.75, 3.05) is 12.5 Å². The molecule has 0 spiro atoms. The minimum atomic E-state index is -2.07. The molecule has 0 bridgehead atoms. The molecule has 1 rings (SSSR count). The van der Waals surface area contributed by atoms with Gasteiger partial charge in [0, 0.05) is 9.79 Å². The molecule has 0 atom stereocenters. The molecule has 3 heteroatoms. The van der Waals surface area contributed by atoms with Crippen LogP contribution in [0.4, 0.5) is 0 Å². The van der Waals surface area contributed by atoms with Crippen molar-refractivity contribution in [3.05, 3.63) is 24.3 Å². The molecular weight excluding hydrogens is 176 g/mol. The van der Waals surface area contributed by atoms with Gasteiger partial charge in [-0.05, 0) is 36.8 Å². The van der Waals surface area contributed by atoms with Crippen LogP contribution < -0.4 is 0 Å². The fraction of sp³-hybridized carbons (Fsp3) is 0.250. The van der Waals surface area contributed by atoms with Crippen molar-refractivity contribution in [2.24, 2.45) is 0 Å². The largest absolute Gasteiger partial charge is 0.281 e. The predicted octanol–water partition coefficient (Wildman–Crippen LogP) is 1.61. The molecule has 0 saturated carbocycles. The van der Waals surface area contributed by atoms with E-state index in [9.17, 15) is 4.21 Å². The average molecular weight is 188 g/mol. The molecule has 0 unspecified atom stereocenters. The Balaban J connectivity index is 3.09. The normalized spacial score (nSPS) is 13.0. The zero-order valence-corrected chi connectivity index (χ0v) is 8.40. The second-order valence-electron chi connectivity index (χ2n) is 2.87. The Hall–Kier alpha value is -0.280. The van der Waals surface area contributed by atoms with Gasteiger partial charge in [-0.2, -0.15) is 0 Å². The second kappa shape index (κ2) is 2.99. The molecule has 1 aromatic carbocycles. The van der Waals surface area contributed by atoms with E-state index in [0.717, 1.165) is 9.79 Å². The van der Waals surface area contributed by atoms with E-state index < -0.39 is 9.93 Å². The van der Waals surface area contributed by atoms with Crippen LogP contribution in [0, 0.1) is 0 Å². The lowest BCUT2D eigenvalue weighted by Crippen LogP contribution is -2.05. The summed E-state index contributed by atoms with van der Waals surface area (Å²) in [5.41, 5.74) is 0. The van der Waals surface area contributed by atoms with Gasteiger partial charge in [-0.25, -0.2) is 0 Å². The van der Waals surface area contributed by atoms with Crippen molar-refractivity contribution in [3.8, 4) is 0 Å². The van der Waals surface area contributed by atoms with Gasteiger partial charge >= 0.3 is 0 Å². The number of hydrogen-bond acceptors (Lipinski definition) is 2. The summed E-state index contributed by atoms with van der Waals surface area (Å²) in [7, 11) is -2.07. The Morgan fingerprint density at radius 1 is 1.18 bits per heavy atom. The quantitative estimate of drug-likeness (QED) is 0.640. The molecule has 0 saturated heterocycles. The Labute approximate surface area is 73.7 Å². The van der Waals surface area contributed by atoms with E-state index in [1.807, 2.05) is 24.3 Å². The maximum atomic E-state index is 11.5. The summed E-state index contributed by atoms with van der Waals surface area (Å²) in [5, 5.41) is 0. The smallest absolute Gasteiger partial charge is 0.0142 e. The fourth-order valence-corrected chi connectivity index (χ4v) is 1.83. The molecule has 1 aromatic rings. The van der Waals surface area contributed by atoms with Crippen molar-refractivity contribution >= 4 is 22.6 Å². The summed E-state index contributed by atoms with van der Waals surface area (Å²) in [6.07, 6.45) is 3.53. The third-order valence-electron chi connectivity index (χ3n) is 1.47. The monoisotopic (exact) mass is 188 g/mol. The van der Waals surface area contributed by atoms with Crippen LogP contribution in [0.3, 0.4) is 0 Å². The van der Waals surface area contributed by atoms with Crippen molar-refractivity contribution in [2.45, 2.75) is 9.79 Å². The number of benzene rings is 1. The third kappa shape index (κ3) is 2.34. The maximum Gasteiger partial charge on any atom is 0.0142 e. The molecule has 0 fully saturated rings. The average Bonchev–Trinajstić information content (AvgIpc) is 1.86. The first-order valence-electron chi connectivity index (χ1n) is 3.35. The van der Waals surface area contributed by atoms with Crippen LogP contribution in [0.15, 0.2) is 34.1 Å². The molecule has 0 radical (unpaired) electrons. The number of rotatable bonds is 1. The summed E-state index contributed by atoms with van der Waals surface area (Å²) >= 11 is 4.14. The maximum absolute atomic E-state index is 11.5. The summed E-state index contributed by atoms with van der Waals surface area (Å²) in [6, 6.07) is 7.45. The number of hydrogen-bond donors (Lipinski definition) is 2. The van der Waals surface area contributed by atoms with E-state index >= 15 is 0 Å². The van der Waals surface area contributed by atoms with Gasteiger partial charge in [0.05, 0.1) is 0 Å². The van der Waals surface area contributed by atoms with Crippen LogP contribution in [-0.2, 0) is 9.93 Å². The van der Waals surface area contributed by atoms with Gasteiger partial charge in [-0.1, -0.05) is 9.93 Å². The molecule has 11 heavy (non-hydrogen) atoms. The second-order valence-corrected chi connectivity index (χ2v) is 6.60. The highest BCUT2D eigenvalue weighted by atomic mass is 32.2. The van der Waals surface area contributed by atoms with Crippen LogP contribution in [0.2, 0.25) is 0 Å². The topological polar surface area (TPSA) is 17.1 Å². The highest BCUT2D eigenvalue weighted by Crippen LogP contribution is 2.15. The molecule has 0 aliphatic carbocycles. The standard InChI is InChI=1S/C8H12OS2/c1-11(2,9)8-5-3-7(10)4-6-8/h3-6,10-11H,1-2H3. The fourth-order valence-electron chi connectivity index (χ4n) is 0.812. The molecule has 0 N–H and O–H groups in total. The van der Waals surface area contributed by atoms with E-state index in [2.05, 4.69) is 12.6 Å². The Morgan fingerprint density at radius 3 is 2.00 bits per heavy atom. The highest BCUT2D eigenvalue weighted by Gasteiger charge is 2.02. The Morgan fingerprint density at radius 2 is 1.64 bits per heavy atom. The lowest BCUT2D eigenvalue weighted by molar-refractivity contribution is 0.678.